The molecular weight excluding hydrogens is 226 g/mol. The summed E-state index contributed by atoms with van der Waals surface area (Å²) in [4.78, 5) is 13.8. The first-order valence-corrected chi connectivity index (χ1v) is 7.33. The van der Waals surface area contributed by atoms with E-state index >= 15 is 0 Å². The van der Waals surface area contributed by atoms with Crippen molar-refractivity contribution in [3.63, 3.8) is 0 Å². The summed E-state index contributed by atoms with van der Waals surface area (Å²) in [6, 6.07) is 0. The summed E-state index contributed by atoms with van der Waals surface area (Å²) in [5, 5.41) is 0. The van der Waals surface area contributed by atoms with E-state index in [1.54, 1.807) is 9.21 Å². The maximum atomic E-state index is 12.0. The van der Waals surface area contributed by atoms with Crippen LogP contribution in [0.1, 0.15) is 20.8 Å². The first-order chi connectivity index (χ1) is 7.12. The molecule has 0 aliphatic carbocycles. The molecular formula is C10H21N3O2S. The monoisotopic (exact) mass is 247 g/mol. The highest BCUT2D eigenvalue weighted by atomic mass is 32.2. The summed E-state index contributed by atoms with van der Waals surface area (Å²) < 4.78 is 20.6. The molecule has 1 aliphatic rings. The Labute approximate surface area is 97.9 Å². The van der Waals surface area contributed by atoms with Crippen molar-refractivity contribution in [1.82, 2.24) is 9.21 Å². The predicted octanol–water partition coefficient (Wildman–Crippen LogP) is 0.768. The number of carbonyl (C=O) groups excluding carboxylic acids is 1. The Hall–Kier alpha value is -0.620. The number of hydrogen-bond acceptors (Lipinski definition) is 3. The lowest BCUT2D eigenvalue weighted by Gasteiger charge is -2.37. The van der Waals surface area contributed by atoms with Crippen LogP contribution in [0.5, 0.6) is 0 Å². The van der Waals surface area contributed by atoms with Crippen molar-refractivity contribution in [1.29, 1.82) is 4.78 Å². The van der Waals surface area contributed by atoms with Crippen molar-refractivity contribution in [2.45, 2.75) is 20.8 Å². The minimum absolute atomic E-state index is 0.125. The van der Waals surface area contributed by atoms with Crippen LogP contribution in [-0.4, -0.2) is 51.8 Å². The molecule has 5 nitrogen and oxygen atoms in total. The van der Waals surface area contributed by atoms with E-state index in [4.69, 9.17) is 4.78 Å². The molecule has 0 spiro atoms. The van der Waals surface area contributed by atoms with E-state index in [0.717, 1.165) is 0 Å². The van der Waals surface area contributed by atoms with Crippen molar-refractivity contribution in [3.8, 4) is 0 Å². The van der Waals surface area contributed by atoms with Gasteiger partial charge in [0.15, 0.2) is 0 Å². The van der Waals surface area contributed by atoms with Crippen LogP contribution in [0.15, 0.2) is 0 Å². The molecule has 1 heterocycles. The first-order valence-electron chi connectivity index (χ1n) is 5.40. The minimum Gasteiger partial charge on any atom is -0.340 e. The van der Waals surface area contributed by atoms with E-state index in [2.05, 4.69) is 0 Å². The molecule has 16 heavy (non-hydrogen) atoms. The van der Waals surface area contributed by atoms with Gasteiger partial charge in [0.2, 0.25) is 5.91 Å². The Balaban J connectivity index is 2.60. The van der Waals surface area contributed by atoms with Gasteiger partial charge in [0, 0.05) is 37.8 Å². The molecule has 1 unspecified atom stereocenters. The number of rotatable bonds is 1. The summed E-state index contributed by atoms with van der Waals surface area (Å²) >= 11 is 0. The van der Waals surface area contributed by atoms with Crippen molar-refractivity contribution < 1.29 is 9.00 Å². The number of nitrogens with zero attached hydrogens (tertiary/aromatic N) is 2. The molecule has 6 heteroatoms. The van der Waals surface area contributed by atoms with Crippen LogP contribution >= 0.6 is 0 Å². The van der Waals surface area contributed by atoms with Crippen LogP contribution in [0.4, 0.5) is 0 Å². The standard InChI is InChI=1S/C10H21N3O2S/c1-10(2,3)9(14)12-5-7-13(8-6-12)16(4,11)15/h11H,5-8H2,1-4H3. The highest BCUT2D eigenvalue weighted by molar-refractivity contribution is 7.89. The lowest BCUT2D eigenvalue weighted by Crippen LogP contribution is -2.52. The third-order valence-corrected chi connectivity index (χ3v) is 4.01. The predicted molar refractivity (Wildman–Crippen MR) is 64.4 cm³/mol. The van der Waals surface area contributed by atoms with Gasteiger partial charge in [0.25, 0.3) is 0 Å². The van der Waals surface area contributed by atoms with Crippen LogP contribution < -0.4 is 0 Å². The summed E-state index contributed by atoms with van der Waals surface area (Å²) in [5.41, 5.74) is -0.364. The molecule has 0 aromatic heterocycles. The molecule has 0 aromatic carbocycles. The second-order valence-corrected chi connectivity index (χ2v) is 7.40. The molecule has 1 rings (SSSR count). The number of carbonyl (C=O) groups is 1. The molecule has 0 bridgehead atoms. The normalized spacial score (nSPS) is 22.9. The van der Waals surface area contributed by atoms with Gasteiger partial charge < -0.3 is 4.90 Å². The lowest BCUT2D eigenvalue weighted by atomic mass is 9.94. The molecule has 0 radical (unpaired) electrons. The molecule has 1 fully saturated rings. The summed E-state index contributed by atoms with van der Waals surface area (Å²) in [6.07, 6.45) is 1.42. The zero-order chi connectivity index (χ0) is 12.6. The van der Waals surface area contributed by atoms with Crippen LogP contribution in [0.25, 0.3) is 0 Å². The molecule has 1 atom stereocenters. The molecule has 1 amide bonds. The number of amides is 1. The number of hydrogen-bond donors (Lipinski definition) is 1. The zero-order valence-corrected chi connectivity index (χ0v) is 11.3. The Kier molecular flexibility index (Phi) is 3.64. The Morgan fingerprint density at radius 3 is 1.94 bits per heavy atom. The first kappa shape index (κ1) is 13.4. The van der Waals surface area contributed by atoms with Gasteiger partial charge in [-0.2, -0.15) is 0 Å². The van der Waals surface area contributed by atoms with Crippen LogP contribution in [0.3, 0.4) is 0 Å². The van der Waals surface area contributed by atoms with Crippen LogP contribution in [-0.2, 0) is 14.7 Å². The van der Waals surface area contributed by atoms with E-state index in [-0.39, 0.29) is 11.3 Å². The van der Waals surface area contributed by atoms with E-state index in [0.29, 0.717) is 26.2 Å². The number of nitrogens with one attached hydrogen (secondary N) is 1. The highest BCUT2D eigenvalue weighted by Gasteiger charge is 2.30. The quantitative estimate of drug-likeness (QED) is 0.744. The Morgan fingerprint density at radius 1 is 1.19 bits per heavy atom. The zero-order valence-electron chi connectivity index (χ0n) is 10.4. The molecule has 94 valence electrons. The van der Waals surface area contributed by atoms with Gasteiger partial charge in [0.1, 0.15) is 9.92 Å². The average Bonchev–Trinajstić information content (AvgIpc) is 2.14. The minimum atomic E-state index is -2.62. The lowest BCUT2D eigenvalue weighted by molar-refractivity contribution is -0.140. The Bertz CT molecular complexity index is 362. The van der Waals surface area contributed by atoms with Gasteiger partial charge in [0.05, 0.1) is 0 Å². The fourth-order valence-electron chi connectivity index (χ4n) is 1.71. The topological polar surface area (TPSA) is 64.5 Å². The summed E-state index contributed by atoms with van der Waals surface area (Å²) in [5.74, 6) is 0.125. The maximum absolute atomic E-state index is 12.0. The van der Waals surface area contributed by atoms with E-state index in [1.165, 1.54) is 6.26 Å². The number of piperazine rings is 1. The van der Waals surface area contributed by atoms with Gasteiger partial charge in [-0.3, -0.25) is 4.79 Å². The van der Waals surface area contributed by atoms with E-state index in [9.17, 15) is 9.00 Å². The van der Waals surface area contributed by atoms with Gasteiger partial charge in [-0.05, 0) is 0 Å². The molecule has 1 saturated heterocycles. The van der Waals surface area contributed by atoms with Gasteiger partial charge in [-0.1, -0.05) is 20.8 Å². The second-order valence-electron chi connectivity index (χ2n) is 5.27. The van der Waals surface area contributed by atoms with E-state index in [1.807, 2.05) is 20.8 Å². The van der Waals surface area contributed by atoms with E-state index < -0.39 is 9.92 Å². The van der Waals surface area contributed by atoms with Crippen LogP contribution in [0, 0.1) is 10.2 Å². The molecule has 0 aromatic rings. The Morgan fingerprint density at radius 2 is 1.62 bits per heavy atom. The smallest absolute Gasteiger partial charge is 0.228 e. The van der Waals surface area contributed by atoms with Crippen molar-refractivity contribution >= 4 is 15.8 Å². The van der Waals surface area contributed by atoms with Crippen molar-refractivity contribution in [3.05, 3.63) is 0 Å². The van der Waals surface area contributed by atoms with Gasteiger partial charge in [-0.15, -0.1) is 0 Å². The maximum Gasteiger partial charge on any atom is 0.228 e. The third-order valence-electron chi connectivity index (χ3n) is 2.66. The summed E-state index contributed by atoms with van der Waals surface area (Å²) in [7, 11) is -2.62. The van der Waals surface area contributed by atoms with Crippen molar-refractivity contribution in [2.75, 3.05) is 32.4 Å². The molecule has 1 N–H and O–H groups in total. The SMILES string of the molecule is CC(C)(C)C(=O)N1CCN(S(C)(=N)=O)CC1. The second kappa shape index (κ2) is 4.33. The largest absolute Gasteiger partial charge is 0.340 e. The average molecular weight is 247 g/mol. The van der Waals surface area contributed by atoms with Crippen molar-refractivity contribution in [2.24, 2.45) is 5.41 Å². The van der Waals surface area contributed by atoms with Gasteiger partial charge >= 0.3 is 0 Å². The van der Waals surface area contributed by atoms with Crippen LogP contribution in [0.2, 0.25) is 0 Å². The highest BCUT2D eigenvalue weighted by Crippen LogP contribution is 2.19. The summed E-state index contributed by atoms with van der Waals surface area (Å²) in [6.45, 7) is 7.89. The molecule has 1 aliphatic heterocycles. The van der Waals surface area contributed by atoms with Gasteiger partial charge in [-0.25, -0.2) is 13.3 Å². The fourth-order valence-corrected chi connectivity index (χ4v) is 2.57. The molecule has 0 saturated carbocycles. The fraction of sp³-hybridized carbons (Fsp3) is 0.900. The third kappa shape index (κ3) is 3.18.